The lowest BCUT2D eigenvalue weighted by molar-refractivity contribution is -0.112. The van der Waals surface area contributed by atoms with Crippen LogP contribution in [0, 0.1) is 45.9 Å². The zero-order valence-corrected chi connectivity index (χ0v) is 21.6. The first kappa shape index (κ1) is 25.3. The minimum Gasteiger partial charge on any atom is -0.462 e. The Labute approximate surface area is 208 Å². The number of carbonyl (C=O) groups is 2. The summed E-state index contributed by atoms with van der Waals surface area (Å²) in [6, 6.07) is 9.10. The summed E-state index contributed by atoms with van der Waals surface area (Å²) in [5, 5.41) is 13.7. The Kier molecular flexibility index (Phi) is 7.65. The molecule has 0 aliphatic rings. The summed E-state index contributed by atoms with van der Waals surface area (Å²) >= 11 is 7.65. The molecule has 3 aromatic rings. The number of ether oxygens (including phenoxy) is 1. The Morgan fingerprint density at radius 3 is 2.56 bits per heavy atom. The van der Waals surface area contributed by atoms with Gasteiger partial charge in [-0.1, -0.05) is 17.7 Å². The third-order valence-corrected chi connectivity index (χ3v) is 7.30. The molecule has 0 fully saturated rings. The molecule has 8 heteroatoms. The third kappa shape index (κ3) is 4.79. The highest BCUT2D eigenvalue weighted by molar-refractivity contribution is 7.15. The van der Waals surface area contributed by atoms with E-state index in [0.29, 0.717) is 21.8 Å². The Morgan fingerprint density at radius 2 is 1.91 bits per heavy atom. The van der Waals surface area contributed by atoms with Crippen LogP contribution in [0.1, 0.15) is 50.2 Å². The van der Waals surface area contributed by atoms with Crippen molar-refractivity contribution in [1.82, 2.24) is 4.57 Å². The fourth-order valence-corrected chi connectivity index (χ4v) is 5.12. The molecule has 176 valence electrons. The van der Waals surface area contributed by atoms with Gasteiger partial charge in [0.15, 0.2) is 0 Å². The van der Waals surface area contributed by atoms with Crippen molar-refractivity contribution in [3.8, 4) is 11.1 Å². The number of halogens is 1. The molecule has 1 amide bonds. The number of benzene rings is 1. The van der Waals surface area contributed by atoms with Gasteiger partial charge in [-0.2, -0.15) is 5.26 Å². The highest BCUT2D eigenvalue weighted by atomic mass is 35.5. The Balaban J connectivity index is 2.03. The Bertz CT molecular complexity index is 1360. The van der Waals surface area contributed by atoms with Crippen LogP contribution in [0.2, 0.25) is 5.02 Å². The van der Waals surface area contributed by atoms with E-state index in [2.05, 4.69) is 5.32 Å². The minimum absolute atomic E-state index is 0.0382. The van der Waals surface area contributed by atoms with Gasteiger partial charge in [0.1, 0.15) is 16.6 Å². The predicted molar refractivity (Wildman–Crippen MR) is 137 cm³/mol. The lowest BCUT2D eigenvalue weighted by Crippen LogP contribution is -2.14. The van der Waals surface area contributed by atoms with Crippen molar-refractivity contribution in [2.24, 2.45) is 0 Å². The van der Waals surface area contributed by atoms with Crippen LogP contribution in [-0.2, 0) is 9.53 Å². The third-order valence-electron chi connectivity index (χ3n) is 5.70. The average molecular weight is 496 g/mol. The number of rotatable bonds is 6. The largest absolute Gasteiger partial charge is 0.462 e. The zero-order valence-electron chi connectivity index (χ0n) is 20.0. The first-order chi connectivity index (χ1) is 16.1. The first-order valence-electron chi connectivity index (χ1n) is 10.7. The monoisotopic (exact) mass is 495 g/mol. The summed E-state index contributed by atoms with van der Waals surface area (Å²) in [6.07, 6.45) is 1.56. The molecular formula is C26H26ClN3O3S. The van der Waals surface area contributed by atoms with Crippen LogP contribution in [0.5, 0.6) is 0 Å². The number of amides is 1. The maximum absolute atomic E-state index is 12.8. The lowest BCUT2D eigenvalue weighted by Gasteiger charge is -2.11. The zero-order chi connectivity index (χ0) is 25.2. The molecule has 1 N–H and O–H groups in total. The molecule has 0 aliphatic heterocycles. The number of nitrogens with one attached hydrogen (secondary N) is 1. The summed E-state index contributed by atoms with van der Waals surface area (Å²) in [7, 11) is 0. The normalized spacial score (nSPS) is 11.3. The average Bonchev–Trinajstić information content (AvgIpc) is 3.23. The van der Waals surface area contributed by atoms with E-state index in [9.17, 15) is 14.9 Å². The van der Waals surface area contributed by atoms with Gasteiger partial charge in [0, 0.05) is 27.0 Å². The van der Waals surface area contributed by atoms with Crippen LogP contribution >= 0.6 is 22.9 Å². The number of aryl methyl sites for hydroxylation is 2. The topological polar surface area (TPSA) is 84.1 Å². The van der Waals surface area contributed by atoms with Crippen LogP contribution in [0.3, 0.4) is 0 Å². The van der Waals surface area contributed by atoms with E-state index < -0.39 is 5.91 Å². The number of nitriles is 1. The maximum Gasteiger partial charge on any atom is 0.341 e. The van der Waals surface area contributed by atoms with E-state index in [4.69, 9.17) is 16.3 Å². The molecule has 0 spiro atoms. The van der Waals surface area contributed by atoms with Crippen molar-refractivity contribution in [3.05, 3.63) is 73.4 Å². The van der Waals surface area contributed by atoms with Crippen LogP contribution in [0.4, 0.5) is 5.69 Å². The lowest BCUT2D eigenvalue weighted by atomic mass is 10.1. The van der Waals surface area contributed by atoms with E-state index in [0.717, 1.165) is 32.4 Å². The number of hydrogen-bond acceptors (Lipinski definition) is 5. The molecule has 0 radical (unpaired) electrons. The standard InChI is InChI=1S/C26H26ClN3O3S/c1-7-33-26(32)23-15(3)18(6)34-25(23)30-14(2)11-19(17(30)5)12-20(13-28)24(31)29-22-10-8-9-21(27)16(22)4/h8-12H,7H2,1-6H3,(H,29,31)/b20-12-. The number of nitrogens with zero attached hydrogens (tertiary/aromatic N) is 2. The SMILES string of the molecule is CCOC(=O)c1c(-n2c(C)cc(/C=C(/C#N)C(=O)Nc3cccc(Cl)c3C)c2C)sc(C)c1C. The van der Waals surface area contributed by atoms with Gasteiger partial charge in [-0.3, -0.25) is 4.79 Å². The van der Waals surface area contributed by atoms with E-state index in [1.807, 2.05) is 44.4 Å². The summed E-state index contributed by atoms with van der Waals surface area (Å²) < 4.78 is 7.26. The second-order valence-electron chi connectivity index (χ2n) is 7.88. The number of aromatic nitrogens is 1. The van der Waals surface area contributed by atoms with E-state index >= 15 is 0 Å². The molecule has 6 nitrogen and oxygen atoms in total. The van der Waals surface area contributed by atoms with Crippen molar-refractivity contribution < 1.29 is 14.3 Å². The van der Waals surface area contributed by atoms with Crippen LogP contribution in [0.15, 0.2) is 29.8 Å². The van der Waals surface area contributed by atoms with Crippen molar-refractivity contribution in [2.45, 2.75) is 41.5 Å². The van der Waals surface area contributed by atoms with E-state index in [-0.39, 0.29) is 18.1 Å². The Hall–Kier alpha value is -3.34. The number of carbonyl (C=O) groups excluding carboxylic acids is 2. The Morgan fingerprint density at radius 1 is 1.21 bits per heavy atom. The first-order valence-corrected chi connectivity index (χ1v) is 11.9. The number of anilines is 1. The van der Waals surface area contributed by atoms with Gasteiger partial charge < -0.3 is 14.6 Å². The number of thiophene rings is 1. The molecule has 34 heavy (non-hydrogen) atoms. The number of hydrogen-bond donors (Lipinski definition) is 1. The van der Waals surface area contributed by atoms with Crippen LogP contribution in [0.25, 0.3) is 11.1 Å². The van der Waals surface area contributed by atoms with Crippen molar-refractivity contribution in [3.63, 3.8) is 0 Å². The smallest absolute Gasteiger partial charge is 0.341 e. The molecule has 0 atom stereocenters. The highest BCUT2D eigenvalue weighted by Crippen LogP contribution is 2.35. The van der Waals surface area contributed by atoms with Crippen LogP contribution in [-0.4, -0.2) is 23.1 Å². The summed E-state index contributed by atoms with van der Waals surface area (Å²) in [4.78, 5) is 26.6. The minimum atomic E-state index is -0.521. The molecule has 0 aliphatic carbocycles. The van der Waals surface area contributed by atoms with Gasteiger partial charge in [-0.05, 0) is 82.5 Å². The molecular weight excluding hydrogens is 470 g/mol. The fraction of sp³-hybridized carbons (Fsp3) is 0.269. The van der Waals surface area contributed by atoms with Gasteiger partial charge in [0.25, 0.3) is 5.91 Å². The maximum atomic E-state index is 12.8. The molecule has 2 aromatic heterocycles. The molecule has 2 heterocycles. The van der Waals surface area contributed by atoms with Crippen molar-refractivity contribution in [2.75, 3.05) is 11.9 Å². The molecule has 0 unspecified atom stereocenters. The summed E-state index contributed by atoms with van der Waals surface area (Å²) in [5.74, 6) is -0.884. The fourth-order valence-electron chi connectivity index (χ4n) is 3.69. The second kappa shape index (κ2) is 10.3. The molecule has 0 bridgehead atoms. The van der Waals surface area contributed by atoms with Gasteiger partial charge in [-0.25, -0.2) is 4.79 Å². The highest BCUT2D eigenvalue weighted by Gasteiger charge is 2.24. The second-order valence-corrected chi connectivity index (χ2v) is 9.49. The van der Waals surface area contributed by atoms with Gasteiger partial charge in [0.05, 0.1) is 12.2 Å². The summed E-state index contributed by atoms with van der Waals surface area (Å²) in [6.45, 7) is 11.6. The molecule has 1 aromatic carbocycles. The van der Waals surface area contributed by atoms with E-state index in [1.165, 1.54) is 11.3 Å². The number of esters is 1. The van der Waals surface area contributed by atoms with Crippen LogP contribution < -0.4 is 5.32 Å². The van der Waals surface area contributed by atoms with Gasteiger partial charge in [0.2, 0.25) is 0 Å². The molecule has 0 saturated carbocycles. The predicted octanol–water partition coefficient (Wildman–Crippen LogP) is 6.46. The molecule has 0 saturated heterocycles. The van der Waals surface area contributed by atoms with Crippen molar-refractivity contribution in [1.29, 1.82) is 5.26 Å². The van der Waals surface area contributed by atoms with Gasteiger partial charge >= 0.3 is 5.97 Å². The summed E-state index contributed by atoms with van der Waals surface area (Å²) in [5.41, 5.74) is 5.06. The quantitative estimate of drug-likeness (QED) is 0.242. The van der Waals surface area contributed by atoms with Crippen molar-refractivity contribution >= 4 is 46.6 Å². The van der Waals surface area contributed by atoms with Gasteiger partial charge in [-0.15, -0.1) is 11.3 Å². The molecule has 3 rings (SSSR count). The van der Waals surface area contributed by atoms with E-state index in [1.54, 1.807) is 38.1 Å².